The molecule has 1 unspecified atom stereocenters. The first-order valence-corrected chi connectivity index (χ1v) is 5.17. The van der Waals surface area contributed by atoms with Crippen molar-refractivity contribution in [2.75, 3.05) is 0 Å². The van der Waals surface area contributed by atoms with Gasteiger partial charge in [-0.25, -0.2) is 0 Å². The molecular weight excluding hydrogens is 212 g/mol. The fraction of sp³-hybridized carbons (Fsp3) is 0.400. The third-order valence-corrected chi connectivity index (χ3v) is 2.19. The van der Waals surface area contributed by atoms with Gasteiger partial charge in [0.05, 0.1) is 11.3 Å². The fourth-order valence-corrected chi connectivity index (χ4v) is 1.41. The first-order chi connectivity index (χ1) is 7.13. The van der Waals surface area contributed by atoms with Gasteiger partial charge in [-0.3, -0.25) is 4.79 Å². The van der Waals surface area contributed by atoms with Gasteiger partial charge in [-0.1, -0.05) is 19.1 Å². The highest BCUT2D eigenvalue weighted by Gasteiger charge is 2.14. The summed E-state index contributed by atoms with van der Waals surface area (Å²) in [5, 5.41) is 2.80. The quantitative estimate of drug-likeness (QED) is 0.746. The minimum absolute atomic E-state index is 0.0277. The van der Waals surface area contributed by atoms with E-state index in [1.165, 1.54) is 6.26 Å². The summed E-state index contributed by atoms with van der Waals surface area (Å²) in [5.74, 6) is 0.0690. The number of carbonyl (C=O) groups is 1. The third kappa shape index (κ3) is 3.71. The lowest BCUT2D eigenvalue weighted by Gasteiger charge is -2.14. The minimum atomic E-state index is -0.233. The van der Waals surface area contributed by atoms with Crippen molar-refractivity contribution in [2.45, 2.75) is 25.8 Å². The second-order valence-electron chi connectivity index (χ2n) is 3.23. The van der Waals surface area contributed by atoms with Crippen LogP contribution in [0.15, 0.2) is 22.8 Å². The van der Waals surface area contributed by atoms with E-state index in [9.17, 15) is 4.79 Å². The maximum absolute atomic E-state index is 11.6. The van der Waals surface area contributed by atoms with Crippen molar-refractivity contribution in [3.63, 3.8) is 0 Å². The molecule has 1 heterocycles. The molecule has 0 aliphatic carbocycles. The monoisotopic (exact) mass is 226 g/mol. The Morgan fingerprint density at radius 1 is 1.73 bits per heavy atom. The van der Waals surface area contributed by atoms with Crippen LogP contribution in [0.3, 0.4) is 0 Å². The van der Waals surface area contributed by atoms with Gasteiger partial charge in [-0.2, -0.15) is 0 Å². The topological polar surface area (TPSA) is 68.3 Å². The molecule has 0 radical (unpaired) electrons. The lowest BCUT2D eigenvalue weighted by Crippen LogP contribution is -2.36. The van der Waals surface area contributed by atoms with Crippen molar-refractivity contribution in [3.05, 3.63) is 24.2 Å². The van der Waals surface area contributed by atoms with E-state index in [1.807, 2.05) is 6.92 Å². The van der Waals surface area contributed by atoms with E-state index in [0.717, 1.165) is 6.42 Å². The van der Waals surface area contributed by atoms with E-state index in [-0.39, 0.29) is 11.9 Å². The number of amides is 1. The molecule has 0 bridgehead atoms. The molecule has 5 heteroatoms. The van der Waals surface area contributed by atoms with Crippen molar-refractivity contribution in [1.82, 2.24) is 5.32 Å². The summed E-state index contributed by atoms with van der Waals surface area (Å²) in [6.45, 7) is 1.96. The zero-order valence-electron chi connectivity index (χ0n) is 8.53. The van der Waals surface area contributed by atoms with Crippen molar-refractivity contribution >= 4 is 23.1 Å². The van der Waals surface area contributed by atoms with Crippen LogP contribution in [-0.4, -0.2) is 16.9 Å². The molecule has 1 aromatic rings. The zero-order valence-corrected chi connectivity index (χ0v) is 9.34. The molecule has 0 fully saturated rings. The molecule has 1 rings (SSSR count). The van der Waals surface area contributed by atoms with E-state index in [4.69, 9.17) is 22.4 Å². The molecular formula is C10H14N2O2S. The zero-order chi connectivity index (χ0) is 11.3. The number of nitrogens with two attached hydrogens (primary N) is 1. The van der Waals surface area contributed by atoms with E-state index in [1.54, 1.807) is 12.1 Å². The Kier molecular flexibility index (Phi) is 4.30. The summed E-state index contributed by atoms with van der Waals surface area (Å²) in [6, 6.07) is 3.26. The summed E-state index contributed by atoms with van der Waals surface area (Å²) >= 11 is 4.79. The molecule has 0 aliphatic rings. The van der Waals surface area contributed by atoms with Gasteiger partial charge in [0.15, 0.2) is 5.76 Å². The number of furan rings is 1. The van der Waals surface area contributed by atoms with Gasteiger partial charge in [-0.05, 0) is 18.6 Å². The highest BCUT2D eigenvalue weighted by Crippen LogP contribution is 2.03. The van der Waals surface area contributed by atoms with Crippen LogP contribution in [0.5, 0.6) is 0 Å². The number of hydrogen-bond donors (Lipinski definition) is 2. The van der Waals surface area contributed by atoms with Crippen LogP contribution < -0.4 is 11.1 Å². The second-order valence-corrected chi connectivity index (χ2v) is 3.75. The van der Waals surface area contributed by atoms with Crippen molar-refractivity contribution in [1.29, 1.82) is 0 Å². The third-order valence-electron chi connectivity index (χ3n) is 2.02. The first kappa shape index (κ1) is 11.7. The van der Waals surface area contributed by atoms with Gasteiger partial charge in [-0.15, -0.1) is 0 Å². The van der Waals surface area contributed by atoms with Gasteiger partial charge in [0, 0.05) is 12.5 Å². The molecule has 82 valence electrons. The molecule has 0 aliphatic heterocycles. The summed E-state index contributed by atoms with van der Waals surface area (Å²) in [7, 11) is 0. The smallest absolute Gasteiger partial charge is 0.287 e. The lowest BCUT2D eigenvalue weighted by molar-refractivity contribution is 0.0909. The molecule has 1 aromatic heterocycles. The van der Waals surface area contributed by atoms with Gasteiger partial charge in [0.2, 0.25) is 0 Å². The Balaban J connectivity index is 2.52. The van der Waals surface area contributed by atoms with Crippen LogP contribution in [0, 0.1) is 0 Å². The Labute approximate surface area is 93.8 Å². The van der Waals surface area contributed by atoms with Crippen LogP contribution in [0.2, 0.25) is 0 Å². The maximum atomic E-state index is 11.6. The Morgan fingerprint density at radius 2 is 2.47 bits per heavy atom. The summed E-state index contributed by atoms with van der Waals surface area (Å²) in [4.78, 5) is 12.0. The highest BCUT2D eigenvalue weighted by atomic mass is 32.1. The number of hydrogen-bond acceptors (Lipinski definition) is 3. The van der Waals surface area contributed by atoms with Crippen LogP contribution in [0.4, 0.5) is 0 Å². The van der Waals surface area contributed by atoms with Gasteiger partial charge in [0.25, 0.3) is 5.91 Å². The second kappa shape index (κ2) is 5.50. The van der Waals surface area contributed by atoms with E-state index < -0.39 is 0 Å². The average Bonchev–Trinajstić information content (AvgIpc) is 2.68. The predicted octanol–water partition coefficient (Wildman–Crippen LogP) is 1.46. The summed E-state index contributed by atoms with van der Waals surface area (Å²) in [5.41, 5.74) is 5.42. The fourth-order valence-electron chi connectivity index (χ4n) is 1.20. The Morgan fingerprint density at radius 3 is 2.93 bits per heavy atom. The molecule has 0 saturated heterocycles. The number of carbonyl (C=O) groups excluding carboxylic acids is 1. The predicted molar refractivity (Wildman–Crippen MR) is 61.7 cm³/mol. The van der Waals surface area contributed by atoms with Crippen LogP contribution >= 0.6 is 12.2 Å². The van der Waals surface area contributed by atoms with Crippen molar-refractivity contribution in [3.8, 4) is 0 Å². The molecule has 4 nitrogen and oxygen atoms in total. The molecule has 0 spiro atoms. The lowest BCUT2D eigenvalue weighted by atomic mass is 10.1. The number of nitrogens with one attached hydrogen (secondary N) is 1. The first-order valence-electron chi connectivity index (χ1n) is 4.76. The maximum Gasteiger partial charge on any atom is 0.287 e. The Bertz CT molecular complexity index is 335. The van der Waals surface area contributed by atoms with Crippen molar-refractivity contribution in [2.24, 2.45) is 5.73 Å². The highest BCUT2D eigenvalue weighted by molar-refractivity contribution is 7.80. The molecule has 3 N–H and O–H groups in total. The van der Waals surface area contributed by atoms with Crippen LogP contribution in [-0.2, 0) is 0 Å². The van der Waals surface area contributed by atoms with E-state index in [2.05, 4.69) is 5.32 Å². The summed E-state index contributed by atoms with van der Waals surface area (Å²) in [6.07, 6.45) is 2.76. The average molecular weight is 226 g/mol. The number of thiocarbonyl (C=S) groups is 1. The van der Waals surface area contributed by atoms with Gasteiger partial charge < -0.3 is 15.5 Å². The Hall–Kier alpha value is -1.36. The molecule has 15 heavy (non-hydrogen) atoms. The number of rotatable bonds is 5. The molecule has 0 aromatic carbocycles. The molecule has 1 atom stereocenters. The van der Waals surface area contributed by atoms with E-state index >= 15 is 0 Å². The van der Waals surface area contributed by atoms with Gasteiger partial charge in [0.1, 0.15) is 0 Å². The molecule has 1 amide bonds. The van der Waals surface area contributed by atoms with E-state index in [0.29, 0.717) is 17.2 Å². The normalized spacial score (nSPS) is 12.1. The SMILES string of the molecule is CCC(CC(N)=S)NC(=O)c1ccco1. The largest absolute Gasteiger partial charge is 0.459 e. The summed E-state index contributed by atoms with van der Waals surface area (Å²) < 4.78 is 4.97. The van der Waals surface area contributed by atoms with Gasteiger partial charge >= 0.3 is 0 Å². The van der Waals surface area contributed by atoms with Crippen molar-refractivity contribution < 1.29 is 9.21 Å². The van der Waals surface area contributed by atoms with Crippen LogP contribution in [0.1, 0.15) is 30.3 Å². The van der Waals surface area contributed by atoms with Crippen LogP contribution in [0.25, 0.3) is 0 Å². The standard InChI is InChI=1S/C10H14N2O2S/c1-2-7(6-9(11)15)12-10(13)8-4-3-5-14-8/h3-5,7H,2,6H2,1H3,(H2,11,15)(H,12,13). The molecule has 0 saturated carbocycles. The minimum Gasteiger partial charge on any atom is -0.459 e.